The fraction of sp³-hybridized carbons (Fsp3) is 0.370. The number of amides is 1. The first-order chi connectivity index (χ1) is 20.3. The van der Waals surface area contributed by atoms with Crippen molar-refractivity contribution in [3.63, 3.8) is 0 Å². The van der Waals surface area contributed by atoms with Crippen molar-refractivity contribution < 1.29 is 33.0 Å². The zero-order valence-electron chi connectivity index (χ0n) is 23.4. The number of carboxylic acid groups (broad SMARTS) is 1. The van der Waals surface area contributed by atoms with Crippen LogP contribution in [-0.4, -0.2) is 95.0 Å². The van der Waals surface area contributed by atoms with Crippen LogP contribution in [0.4, 0.5) is 19.0 Å². The third kappa shape index (κ3) is 6.89. The summed E-state index contributed by atoms with van der Waals surface area (Å²) in [4.78, 5) is 29.9. The Balaban J connectivity index is 0.000000541. The second kappa shape index (κ2) is 12.4. The van der Waals surface area contributed by atoms with Crippen molar-refractivity contribution in [1.82, 2.24) is 34.5 Å². The van der Waals surface area contributed by atoms with Gasteiger partial charge in [0.15, 0.2) is 0 Å². The number of hydrogen-bond acceptors (Lipinski definition) is 9. The molecule has 1 fully saturated rings. The zero-order chi connectivity index (χ0) is 31.5. The third-order valence-corrected chi connectivity index (χ3v) is 6.73. The monoisotopic (exact) mass is 599 g/mol. The SMILES string of the molecule is CC(C)C(O)C(=O)N1CCN(c2ccc(-c3cc(-c4cn(C)nn4)cn4ncc(C#N)c34)cn2)CC1.O=C(O)C(F)(F)F. The molecule has 1 amide bonds. The molecular formula is C27H28F3N9O4. The van der Waals surface area contributed by atoms with Crippen molar-refractivity contribution in [3.05, 3.63) is 48.5 Å². The number of aromatic nitrogens is 6. The van der Waals surface area contributed by atoms with Gasteiger partial charge in [0, 0.05) is 62.3 Å². The number of anilines is 1. The second-order valence-corrected chi connectivity index (χ2v) is 10.1. The van der Waals surface area contributed by atoms with E-state index in [1.807, 2.05) is 51.5 Å². The molecule has 5 rings (SSSR count). The molecule has 1 atom stereocenters. The number of hydrogen-bond donors (Lipinski definition) is 2. The molecule has 0 spiro atoms. The van der Waals surface area contributed by atoms with Gasteiger partial charge in [0.2, 0.25) is 0 Å². The van der Waals surface area contributed by atoms with E-state index in [2.05, 4.69) is 26.4 Å². The number of alkyl halides is 3. The number of aliphatic hydroxyl groups excluding tert-OH is 1. The van der Waals surface area contributed by atoms with Crippen molar-refractivity contribution in [3.8, 4) is 28.5 Å². The number of carboxylic acids is 1. The smallest absolute Gasteiger partial charge is 0.475 e. The molecule has 1 unspecified atom stereocenters. The van der Waals surface area contributed by atoms with Gasteiger partial charge in [-0.3, -0.25) is 9.48 Å². The molecule has 13 nitrogen and oxygen atoms in total. The molecule has 1 saturated heterocycles. The van der Waals surface area contributed by atoms with E-state index in [-0.39, 0.29) is 11.8 Å². The van der Waals surface area contributed by atoms with Crippen molar-refractivity contribution in [1.29, 1.82) is 5.26 Å². The van der Waals surface area contributed by atoms with Crippen LogP contribution in [0, 0.1) is 17.2 Å². The van der Waals surface area contributed by atoms with E-state index in [4.69, 9.17) is 14.9 Å². The number of fused-ring (bicyclic) bond motifs is 1. The van der Waals surface area contributed by atoms with E-state index in [0.717, 1.165) is 22.5 Å². The summed E-state index contributed by atoms with van der Waals surface area (Å²) in [5, 5.41) is 39.5. The van der Waals surface area contributed by atoms with Crippen LogP contribution >= 0.6 is 0 Å². The highest BCUT2D eigenvalue weighted by Gasteiger charge is 2.38. The summed E-state index contributed by atoms with van der Waals surface area (Å²) < 4.78 is 35.1. The average molecular weight is 600 g/mol. The number of rotatable bonds is 5. The number of nitrogens with zero attached hydrogens (tertiary/aromatic N) is 9. The van der Waals surface area contributed by atoms with Crippen LogP contribution in [0.2, 0.25) is 0 Å². The van der Waals surface area contributed by atoms with Crippen LogP contribution in [0.5, 0.6) is 0 Å². The van der Waals surface area contributed by atoms with Gasteiger partial charge in [0.1, 0.15) is 23.7 Å². The third-order valence-electron chi connectivity index (χ3n) is 6.73. The van der Waals surface area contributed by atoms with E-state index in [9.17, 15) is 28.3 Å². The summed E-state index contributed by atoms with van der Waals surface area (Å²) in [6.07, 6.45) is 0.955. The van der Waals surface area contributed by atoms with E-state index in [1.165, 1.54) is 0 Å². The van der Waals surface area contributed by atoms with Gasteiger partial charge in [-0.15, -0.1) is 5.10 Å². The summed E-state index contributed by atoms with van der Waals surface area (Å²) >= 11 is 0. The van der Waals surface area contributed by atoms with Crippen LogP contribution in [0.1, 0.15) is 19.4 Å². The Hall–Kier alpha value is -5.04. The number of nitriles is 1. The molecule has 0 saturated carbocycles. The summed E-state index contributed by atoms with van der Waals surface area (Å²) in [6, 6.07) is 8.12. The molecule has 4 aromatic heterocycles. The zero-order valence-corrected chi connectivity index (χ0v) is 23.4. The second-order valence-electron chi connectivity index (χ2n) is 10.1. The molecule has 0 bridgehead atoms. The average Bonchev–Trinajstić information content (AvgIpc) is 3.62. The molecule has 226 valence electrons. The highest BCUT2D eigenvalue weighted by atomic mass is 19.4. The number of pyridine rings is 2. The minimum atomic E-state index is -5.08. The fourth-order valence-electron chi connectivity index (χ4n) is 4.40. The Kier molecular flexibility index (Phi) is 8.95. The number of piperazine rings is 1. The first kappa shape index (κ1) is 30.9. The number of aliphatic hydroxyl groups is 1. The van der Waals surface area contributed by atoms with Gasteiger partial charge < -0.3 is 20.0 Å². The molecule has 0 radical (unpaired) electrons. The van der Waals surface area contributed by atoms with Crippen LogP contribution in [0.25, 0.3) is 27.9 Å². The van der Waals surface area contributed by atoms with Crippen LogP contribution in [-0.2, 0) is 16.6 Å². The van der Waals surface area contributed by atoms with Crippen LogP contribution < -0.4 is 4.90 Å². The van der Waals surface area contributed by atoms with Crippen molar-refractivity contribution in [2.45, 2.75) is 26.1 Å². The van der Waals surface area contributed by atoms with Gasteiger partial charge in [-0.05, 0) is 24.1 Å². The first-order valence-corrected chi connectivity index (χ1v) is 13.1. The van der Waals surface area contributed by atoms with Gasteiger partial charge >= 0.3 is 12.1 Å². The van der Waals surface area contributed by atoms with Crippen molar-refractivity contribution in [2.24, 2.45) is 13.0 Å². The molecule has 0 aliphatic carbocycles. The van der Waals surface area contributed by atoms with Crippen molar-refractivity contribution >= 4 is 23.2 Å². The topological polar surface area (TPSA) is 166 Å². The number of carbonyl (C=O) groups is 2. The Bertz CT molecular complexity index is 1650. The van der Waals surface area contributed by atoms with Crippen LogP contribution in [0.15, 0.2) is 43.0 Å². The molecule has 43 heavy (non-hydrogen) atoms. The molecule has 4 aromatic rings. The summed E-state index contributed by atoms with van der Waals surface area (Å²) in [7, 11) is 1.81. The molecule has 16 heteroatoms. The summed E-state index contributed by atoms with van der Waals surface area (Å²) in [5.74, 6) is -2.27. The van der Waals surface area contributed by atoms with E-state index in [1.54, 1.807) is 26.5 Å². The van der Waals surface area contributed by atoms with Crippen LogP contribution in [0.3, 0.4) is 0 Å². The highest BCUT2D eigenvalue weighted by Crippen LogP contribution is 2.32. The minimum Gasteiger partial charge on any atom is -0.475 e. The largest absolute Gasteiger partial charge is 0.490 e. The Morgan fingerprint density at radius 3 is 2.26 bits per heavy atom. The van der Waals surface area contributed by atoms with Gasteiger partial charge in [-0.25, -0.2) is 14.3 Å². The van der Waals surface area contributed by atoms with Gasteiger partial charge in [-0.2, -0.15) is 23.5 Å². The quantitative estimate of drug-likeness (QED) is 0.348. The highest BCUT2D eigenvalue weighted by molar-refractivity contribution is 5.87. The standard InChI is InChI=1S/C25H27N9O2.C2HF3O2/c1-16(2)24(35)25(36)33-8-6-32(7-9-33)22-5-4-17(12-27-22)20-10-18(21-15-31(3)30-29-21)14-34-23(20)19(11-26)13-28-34;3-2(4,5)1(6)7/h4-5,10,12-16,24,35H,6-9H2,1-3H3;(H,6,7). The Labute approximate surface area is 243 Å². The fourth-order valence-corrected chi connectivity index (χ4v) is 4.40. The van der Waals surface area contributed by atoms with E-state index in [0.29, 0.717) is 43.0 Å². The maximum atomic E-state index is 12.5. The molecular weight excluding hydrogens is 571 g/mol. The Morgan fingerprint density at radius 2 is 1.74 bits per heavy atom. The van der Waals surface area contributed by atoms with E-state index < -0.39 is 18.2 Å². The lowest BCUT2D eigenvalue weighted by Crippen LogP contribution is -2.52. The Morgan fingerprint density at radius 1 is 1.07 bits per heavy atom. The first-order valence-electron chi connectivity index (χ1n) is 13.1. The summed E-state index contributed by atoms with van der Waals surface area (Å²) in [5.41, 5.74) is 4.38. The molecule has 5 heterocycles. The molecule has 2 N–H and O–H groups in total. The lowest BCUT2D eigenvalue weighted by atomic mass is 10.0. The molecule has 1 aliphatic heterocycles. The molecule has 0 aromatic carbocycles. The van der Waals surface area contributed by atoms with Gasteiger partial charge in [-0.1, -0.05) is 19.1 Å². The maximum Gasteiger partial charge on any atom is 0.490 e. The number of aryl methyl sites for hydroxylation is 1. The number of halogens is 3. The minimum absolute atomic E-state index is 0.110. The maximum absolute atomic E-state index is 12.5. The predicted molar refractivity (Wildman–Crippen MR) is 146 cm³/mol. The lowest BCUT2D eigenvalue weighted by Gasteiger charge is -2.36. The lowest BCUT2D eigenvalue weighted by molar-refractivity contribution is -0.192. The normalized spacial score (nSPS) is 14.3. The summed E-state index contributed by atoms with van der Waals surface area (Å²) in [6.45, 7) is 6.02. The van der Waals surface area contributed by atoms with E-state index >= 15 is 0 Å². The predicted octanol–water partition coefficient (Wildman–Crippen LogP) is 2.36. The molecule has 1 aliphatic rings. The number of aliphatic carboxylic acids is 1. The number of carbonyl (C=O) groups excluding carboxylic acids is 1. The van der Waals surface area contributed by atoms with Gasteiger partial charge in [0.05, 0.1) is 23.5 Å². The van der Waals surface area contributed by atoms with Gasteiger partial charge in [0.25, 0.3) is 5.91 Å². The van der Waals surface area contributed by atoms with Crippen molar-refractivity contribution in [2.75, 3.05) is 31.1 Å².